The predicted molar refractivity (Wildman–Crippen MR) is 120 cm³/mol. The van der Waals surface area contributed by atoms with Crippen molar-refractivity contribution < 1.29 is 13.2 Å². The normalized spacial score (nSPS) is 23.4. The standard InChI is InChI=1S/C22H30N6O3S/c1-22(25-17-21(29)28-12-4-5-18(28)15-23)8-13-26(14-9-22)20-7-6-19(16-24-20)32(30,31)27-10-2-3-11-27/h2-3,6-7,16,18,25H,4-5,8-14,17H2,1H3/t18-/m0/s1. The van der Waals surface area contributed by atoms with E-state index in [1.807, 2.05) is 12.2 Å². The second kappa shape index (κ2) is 9.17. The Morgan fingerprint density at radius 2 is 1.97 bits per heavy atom. The van der Waals surface area contributed by atoms with Crippen molar-refractivity contribution >= 4 is 21.7 Å². The first kappa shape index (κ1) is 22.7. The van der Waals surface area contributed by atoms with E-state index in [9.17, 15) is 18.5 Å². The molecular weight excluding hydrogens is 428 g/mol. The van der Waals surface area contributed by atoms with Crippen LogP contribution in [0.2, 0.25) is 0 Å². The van der Waals surface area contributed by atoms with Gasteiger partial charge in [-0.3, -0.25) is 4.79 Å². The van der Waals surface area contributed by atoms with Crippen LogP contribution in [0.25, 0.3) is 0 Å². The van der Waals surface area contributed by atoms with Gasteiger partial charge in [0.2, 0.25) is 15.9 Å². The van der Waals surface area contributed by atoms with E-state index in [0.29, 0.717) is 19.6 Å². The zero-order chi connectivity index (χ0) is 22.8. The second-order valence-electron chi connectivity index (χ2n) is 8.92. The predicted octanol–water partition coefficient (Wildman–Crippen LogP) is 1.11. The lowest BCUT2D eigenvalue weighted by molar-refractivity contribution is -0.130. The molecular formula is C22H30N6O3S. The van der Waals surface area contributed by atoms with E-state index < -0.39 is 10.0 Å². The van der Waals surface area contributed by atoms with E-state index in [2.05, 4.69) is 28.2 Å². The molecule has 10 heteroatoms. The van der Waals surface area contributed by atoms with Crippen LogP contribution in [0.5, 0.6) is 0 Å². The highest BCUT2D eigenvalue weighted by atomic mass is 32.2. The first-order chi connectivity index (χ1) is 15.3. The third kappa shape index (κ3) is 4.65. The number of aromatic nitrogens is 1. The van der Waals surface area contributed by atoms with Crippen LogP contribution in [-0.2, 0) is 14.8 Å². The SMILES string of the molecule is CC1(NCC(=O)N2CCC[C@H]2C#N)CCN(c2ccc(S(=O)(=O)N3CC=CC3)cn2)CC1. The fourth-order valence-electron chi connectivity index (χ4n) is 4.51. The van der Waals surface area contributed by atoms with Crippen molar-refractivity contribution in [2.75, 3.05) is 44.2 Å². The number of anilines is 1. The van der Waals surface area contributed by atoms with Crippen LogP contribution in [0.4, 0.5) is 5.82 Å². The number of nitriles is 1. The molecule has 0 saturated carbocycles. The first-order valence-electron chi connectivity index (χ1n) is 11.1. The highest BCUT2D eigenvalue weighted by Gasteiger charge is 2.33. The molecule has 32 heavy (non-hydrogen) atoms. The van der Waals surface area contributed by atoms with Crippen molar-refractivity contribution in [2.45, 2.75) is 49.1 Å². The van der Waals surface area contributed by atoms with Crippen molar-refractivity contribution in [1.82, 2.24) is 19.5 Å². The Morgan fingerprint density at radius 1 is 1.25 bits per heavy atom. The molecule has 2 fully saturated rings. The first-order valence-corrected chi connectivity index (χ1v) is 12.6. The monoisotopic (exact) mass is 458 g/mol. The lowest BCUT2D eigenvalue weighted by Gasteiger charge is -2.40. The van der Waals surface area contributed by atoms with E-state index in [0.717, 1.165) is 44.6 Å². The van der Waals surface area contributed by atoms with E-state index in [-0.39, 0.29) is 28.9 Å². The van der Waals surface area contributed by atoms with Crippen LogP contribution in [0.15, 0.2) is 35.4 Å². The van der Waals surface area contributed by atoms with Crippen molar-refractivity contribution in [3.05, 3.63) is 30.5 Å². The number of carbonyl (C=O) groups is 1. The molecule has 1 atom stereocenters. The van der Waals surface area contributed by atoms with Gasteiger partial charge >= 0.3 is 0 Å². The van der Waals surface area contributed by atoms with E-state index in [1.54, 1.807) is 17.0 Å². The Labute approximate surface area is 189 Å². The van der Waals surface area contributed by atoms with E-state index in [1.165, 1.54) is 10.5 Å². The topological polar surface area (TPSA) is 110 Å². The number of nitrogens with one attached hydrogen (secondary N) is 1. The summed E-state index contributed by atoms with van der Waals surface area (Å²) in [5.41, 5.74) is -0.167. The summed E-state index contributed by atoms with van der Waals surface area (Å²) in [5, 5.41) is 12.6. The quantitative estimate of drug-likeness (QED) is 0.636. The molecule has 2 saturated heterocycles. The number of hydrogen-bond donors (Lipinski definition) is 1. The van der Waals surface area contributed by atoms with Gasteiger partial charge in [-0.05, 0) is 44.7 Å². The van der Waals surface area contributed by atoms with Gasteiger partial charge in [-0.15, -0.1) is 0 Å². The highest BCUT2D eigenvalue weighted by molar-refractivity contribution is 7.89. The Balaban J connectivity index is 1.30. The smallest absolute Gasteiger partial charge is 0.245 e. The van der Waals surface area contributed by atoms with Crippen molar-refractivity contribution in [3.8, 4) is 6.07 Å². The van der Waals surface area contributed by atoms with Gasteiger partial charge in [0.1, 0.15) is 16.8 Å². The molecule has 4 rings (SSSR count). The third-order valence-electron chi connectivity index (χ3n) is 6.72. The molecule has 0 radical (unpaired) electrons. The average molecular weight is 459 g/mol. The van der Waals surface area contributed by atoms with Crippen molar-refractivity contribution in [1.29, 1.82) is 5.26 Å². The second-order valence-corrected chi connectivity index (χ2v) is 10.9. The maximum atomic E-state index is 12.6. The van der Waals surface area contributed by atoms with Gasteiger partial charge in [-0.1, -0.05) is 12.2 Å². The third-order valence-corrected chi connectivity index (χ3v) is 8.54. The fourth-order valence-corrected chi connectivity index (χ4v) is 5.80. The van der Waals surface area contributed by atoms with Crippen molar-refractivity contribution in [2.24, 2.45) is 0 Å². The van der Waals surface area contributed by atoms with Gasteiger partial charge in [-0.2, -0.15) is 9.57 Å². The van der Waals surface area contributed by atoms with Gasteiger partial charge in [0.05, 0.1) is 12.6 Å². The maximum absolute atomic E-state index is 12.6. The Bertz CT molecular complexity index is 1000. The molecule has 9 nitrogen and oxygen atoms in total. The molecule has 172 valence electrons. The molecule has 0 aromatic carbocycles. The van der Waals surface area contributed by atoms with E-state index >= 15 is 0 Å². The summed E-state index contributed by atoms with van der Waals surface area (Å²) in [6, 6.07) is 5.32. The van der Waals surface area contributed by atoms with Crippen LogP contribution in [0, 0.1) is 11.3 Å². The molecule has 0 aliphatic carbocycles. The number of likely N-dealkylation sites (tertiary alicyclic amines) is 1. The summed E-state index contributed by atoms with van der Waals surface area (Å²) >= 11 is 0. The summed E-state index contributed by atoms with van der Waals surface area (Å²) in [6.07, 6.45) is 8.45. The molecule has 0 bridgehead atoms. The largest absolute Gasteiger partial charge is 0.356 e. The molecule has 1 amide bonds. The Morgan fingerprint density at radius 3 is 2.59 bits per heavy atom. The molecule has 0 unspecified atom stereocenters. The van der Waals surface area contributed by atoms with Crippen LogP contribution < -0.4 is 10.2 Å². The summed E-state index contributed by atoms with van der Waals surface area (Å²) < 4.78 is 26.7. The van der Waals surface area contributed by atoms with Gasteiger partial charge < -0.3 is 15.1 Å². The fraction of sp³-hybridized carbons (Fsp3) is 0.591. The van der Waals surface area contributed by atoms with Crippen LogP contribution in [-0.4, -0.2) is 79.4 Å². The number of hydrogen-bond acceptors (Lipinski definition) is 7. The van der Waals surface area contributed by atoms with Crippen LogP contribution in [0.3, 0.4) is 0 Å². The number of amides is 1. The zero-order valence-corrected chi connectivity index (χ0v) is 19.2. The highest BCUT2D eigenvalue weighted by Crippen LogP contribution is 2.26. The average Bonchev–Trinajstić information content (AvgIpc) is 3.51. The van der Waals surface area contributed by atoms with E-state index in [4.69, 9.17) is 0 Å². The number of nitrogens with zero attached hydrogens (tertiary/aromatic N) is 5. The maximum Gasteiger partial charge on any atom is 0.245 e. The molecule has 4 heterocycles. The molecule has 1 aromatic heterocycles. The number of rotatable bonds is 6. The minimum absolute atomic E-state index is 0.00984. The molecule has 1 N–H and O–H groups in total. The molecule has 3 aliphatic heterocycles. The lowest BCUT2D eigenvalue weighted by Crippen LogP contribution is -2.54. The summed E-state index contributed by atoms with van der Waals surface area (Å²) in [7, 11) is -3.51. The van der Waals surface area contributed by atoms with Gasteiger partial charge in [-0.25, -0.2) is 13.4 Å². The van der Waals surface area contributed by atoms with Crippen LogP contribution in [0.1, 0.15) is 32.6 Å². The van der Waals surface area contributed by atoms with Crippen LogP contribution >= 0.6 is 0 Å². The van der Waals surface area contributed by atoms with Gasteiger partial charge in [0, 0.05) is 44.5 Å². The number of sulfonamides is 1. The Kier molecular flexibility index (Phi) is 6.51. The number of carbonyl (C=O) groups excluding carboxylic acids is 1. The summed E-state index contributed by atoms with van der Waals surface area (Å²) in [6.45, 7) is 5.35. The number of piperidine rings is 1. The zero-order valence-electron chi connectivity index (χ0n) is 18.4. The Hall–Kier alpha value is -2.48. The van der Waals surface area contributed by atoms with Gasteiger partial charge in [0.15, 0.2) is 0 Å². The molecule has 3 aliphatic rings. The lowest BCUT2D eigenvalue weighted by atomic mass is 9.89. The van der Waals surface area contributed by atoms with Crippen molar-refractivity contribution in [3.63, 3.8) is 0 Å². The summed E-state index contributed by atoms with van der Waals surface area (Å²) in [5.74, 6) is 0.750. The van der Waals surface area contributed by atoms with Gasteiger partial charge in [0.25, 0.3) is 0 Å². The molecule has 0 spiro atoms. The minimum atomic E-state index is -3.51. The minimum Gasteiger partial charge on any atom is -0.356 e. The molecule has 1 aromatic rings. The number of pyridine rings is 1. The summed E-state index contributed by atoms with van der Waals surface area (Å²) in [4.78, 5) is 21.0.